The Hall–Kier alpha value is -0.900. The lowest BCUT2D eigenvalue weighted by Gasteiger charge is -2.28. The first-order chi connectivity index (χ1) is 8.25. The fraction of sp³-hybridized carbons (Fsp3) is 0.429. The minimum absolute atomic E-state index is 0.357. The summed E-state index contributed by atoms with van der Waals surface area (Å²) in [7, 11) is 1.65. The van der Waals surface area contributed by atoms with Crippen LogP contribution in [0.2, 0.25) is 0 Å². The summed E-state index contributed by atoms with van der Waals surface area (Å²) in [6.07, 6.45) is 2.20. The van der Waals surface area contributed by atoms with E-state index in [1.54, 1.807) is 18.4 Å². The van der Waals surface area contributed by atoms with Gasteiger partial charge in [-0.05, 0) is 35.6 Å². The van der Waals surface area contributed by atoms with E-state index in [-0.39, 0.29) is 0 Å². The molecule has 0 saturated heterocycles. The second-order valence-electron chi connectivity index (χ2n) is 4.78. The first kappa shape index (κ1) is 11.2. The van der Waals surface area contributed by atoms with Crippen LogP contribution in [0.5, 0.6) is 0 Å². The summed E-state index contributed by atoms with van der Waals surface area (Å²) in [6.45, 7) is 0.384. The van der Waals surface area contributed by atoms with E-state index in [0.29, 0.717) is 12.5 Å². The predicted octanol–water partition coefficient (Wildman–Crippen LogP) is 3.15. The number of benzene rings is 1. The zero-order chi connectivity index (χ0) is 11.9. The van der Waals surface area contributed by atoms with Crippen LogP contribution in [-0.4, -0.2) is 18.8 Å². The molecule has 1 saturated carbocycles. The van der Waals surface area contributed by atoms with Crippen molar-refractivity contribution in [3.63, 3.8) is 0 Å². The van der Waals surface area contributed by atoms with Crippen molar-refractivity contribution < 1.29 is 9.84 Å². The largest absolute Gasteiger partial charge is 0.382 e. The molecule has 1 aliphatic carbocycles. The van der Waals surface area contributed by atoms with Gasteiger partial charge in [-0.1, -0.05) is 18.2 Å². The van der Waals surface area contributed by atoms with Gasteiger partial charge in [0.25, 0.3) is 0 Å². The van der Waals surface area contributed by atoms with Crippen LogP contribution in [-0.2, 0) is 10.3 Å². The van der Waals surface area contributed by atoms with Crippen LogP contribution < -0.4 is 0 Å². The van der Waals surface area contributed by atoms with Gasteiger partial charge in [-0.25, -0.2) is 0 Å². The maximum atomic E-state index is 10.9. The van der Waals surface area contributed by atoms with E-state index >= 15 is 0 Å². The van der Waals surface area contributed by atoms with Gasteiger partial charge < -0.3 is 9.84 Å². The van der Waals surface area contributed by atoms with Crippen LogP contribution in [0.1, 0.15) is 18.4 Å². The average molecular weight is 248 g/mol. The molecular formula is C14H16O2S. The lowest BCUT2D eigenvalue weighted by atomic mass is 9.89. The molecule has 0 spiro atoms. The maximum Gasteiger partial charge on any atom is 0.117 e. The third-order valence-corrected chi connectivity index (χ3v) is 4.53. The summed E-state index contributed by atoms with van der Waals surface area (Å²) in [5.74, 6) is 0.357. The Balaban J connectivity index is 2.14. The second-order valence-corrected chi connectivity index (χ2v) is 5.69. The van der Waals surface area contributed by atoms with E-state index in [1.807, 2.05) is 12.1 Å². The predicted molar refractivity (Wildman–Crippen MR) is 70.3 cm³/mol. The van der Waals surface area contributed by atoms with E-state index < -0.39 is 5.60 Å². The molecule has 90 valence electrons. The van der Waals surface area contributed by atoms with E-state index in [4.69, 9.17) is 4.74 Å². The molecule has 1 aliphatic rings. The summed E-state index contributed by atoms with van der Waals surface area (Å²) in [4.78, 5) is 0. The Morgan fingerprint density at radius 2 is 2.24 bits per heavy atom. The van der Waals surface area contributed by atoms with Crippen LogP contribution in [0, 0.1) is 5.92 Å². The van der Waals surface area contributed by atoms with Crippen molar-refractivity contribution in [2.24, 2.45) is 5.92 Å². The third kappa shape index (κ3) is 1.79. The number of rotatable bonds is 4. The molecule has 2 aromatic rings. The third-order valence-electron chi connectivity index (χ3n) is 3.56. The lowest BCUT2D eigenvalue weighted by Crippen LogP contribution is -2.33. The fourth-order valence-corrected chi connectivity index (χ4v) is 3.53. The number of aliphatic hydroxyl groups is 1. The average Bonchev–Trinajstić information content (AvgIpc) is 3.07. The highest BCUT2D eigenvalue weighted by molar-refractivity contribution is 7.17. The summed E-state index contributed by atoms with van der Waals surface area (Å²) < 4.78 is 6.44. The van der Waals surface area contributed by atoms with E-state index in [2.05, 4.69) is 17.5 Å². The van der Waals surface area contributed by atoms with E-state index in [9.17, 15) is 5.11 Å². The molecule has 1 atom stereocenters. The van der Waals surface area contributed by atoms with Crippen LogP contribution in [0.4, 0.5) is 0 Å². The molecule has 3 rings (SSSR count). The molecule has 0 aliphatic heterocycles. The number of thiophene rings is 1. The maximum absolute atomic E-state index is 10.9. The molecule has 1 N–H and O–H groups in total. The van der Waals surface area contributed by atoms with Gasteiger partial charge in [-0.15, -0.1) is 11.3 Å². The molecule has 17 heavy (non-hydrogen) atoms. The molecule has 1 unspecified atom stereocenters. The molecule has 1 aromatic heterocycles. The highest BCUT2D eigenvalue weighted by Gasteiger charge is 2.46. The fourth-order valence-electron chi connectivity index (χ4n) is 2.53. The zero-order valence-electron chi connectivity index (χ0n) is 9.85. The summed E-state index contributed by atoms with van der Waals surface area (Å²) >= 11 is 1.70. The van der Waals surface area contributed by atoms with Gasteiger partial charge in [0.2, 0.25) is 0 Å². The van der Waals surface area contributed by atoms with Gasteiger partial charge >= 0.3 is 0 Å². The van der Waals surface area contributed by atoms with Gasteiger partial charge in [0.15, 0.2) is 0 Å². The molecular weight excluding hydrogens is 232 g/mol. The molecule has 1 heterocycles. The van der Waals surface area contributed by atoms with Crippen LogP contribution in [0.25, 0.3) is 10.1 Å². The minimum Gasteiger partial charge on any atom is -0.382 e. The normalized spacial score (nSPS) is 19.4. The Bertz CT molecular complexity index is 530. The number of fused-ring (bicyclic) bond motifs is 1. The molecule has 0 amide bonds. The summed E-state index contributed by atoms with van der Waals surface area (Å²) in [5.41, 5.74) is 0.230. The monoisotopic (exact) mass is 248 g/mol. The number of methoxy groups -OCH3 is 1. The van der Waals surface area contributed by atoms with Gasteiger partial charge in [0.1, 0.15) is 5.60 Å². The van der Waals surface area contributed by atoms with Crippen LogP contribution in [0.3, 0.4) is 0 Å². The quantitative estimate of drug-likeness (QED) is 0.900. The second kappa shape index (κ2) is 4.09. The Labute approximate surface area is 105 Å². The highest BCUT2D eigenvalue weighted by atomic mass is 32.1. The van der Waals surface area contributed by atoms with Crippen molar-refractivity contribution in [1.29, 1.82) is 0 Å². The van der Waals surface area contributed by atoms with Gasteiger partial charge in [-0.3, -0.25) is 0 Å². The van der Waals surface area contributed by atoms with Crippen molar-refractivity contribution >= 4 is 21.4 Å². The number of hydrogen-bond donors (Lipinski definition) is 1. The Morgan fingerprint density at radius 3 is 2.94 bits per heavy atom. The standard InChI is InChI=1S/C14H16O2S/c1-16-9-14(15,11-5-6-11)12-4-2-3-10-7-8-17-13(10)12/h2-4,7-8,11,15H,5-6,9H2,1H3. The molecule has 1 fully saturated rings. The van der Waals surface area contributed by atoms with Crippen molar-refractivity contribution in [1.82, 2.24) is 0 Å². The number of ether oxygens (including phenoxy) is 1. The van der Waals surface area contributed by atoms with Gasteiger partial charge in [-0.2, -0.15) is 0 Å². The van der Waals surface area contributed by atoms with E-state index in [1.165, 1.54) is 10.1 Å². The molecule has 2 nitrogen and oxygen atoms in total. The van der Waals surface area contributed by atoms with Crippen LogP contribution in [0.15, 0.2) is 29.6 Å². The Morgan fingerprint density at radius 1 is 1.41 bits per heavy atom. The van der Waals surface area contributed by atoms with Crippen molar-refractivity contribution in [3.05, 3.63) is 35.2 Å². The lowest BCUT2D eigenvalue weighted by molar-refractivity contribution is -0.0520. The minimum atomic E-state index is -0.806. The molecule has 0 bridgehead atoms. The topological polar surface area (TPSA) is 29.5 Å². The Kier molecular flexibility index (Phi) is 2.69. The van der Waals surface area contributed by atoms with Crippen molar-refractivity contribution in [3.8, 4) is 0 Å². The number of hydrogen-bond acceptors (Lipinski definition) is 3. The van der Waals surface area contributed by atoms with Crippen molar-refractivity contribution in [2.45, 2.75) is 18.4 Å². The van der Waals surface area contributed by atoms with Gasteiger partial charge in [0.05, 0.1) is 6.61 Å². The zero-order valence-corrected chi connectivity index (χ0v) is 10.7. The molecule has 3 heteroatoms. The van der Waals surface area contributed by atoms with Gasteiger partial charge in [0, 0.05) is 17.4 Å². The van der Waals surface area contributed by atoms with Crippen LogP contribution >= 0.6 is 11.3 Å². The summed E-state index contributed by atoms with van der Waals surface area (Å²) in [5, 5.41) is 14.2. The van der Waals surface area contributed by atoms with Crippen molar-refractivity contribution in [2.75, 3.05) is 13.7 Å². The SMILES string of the molecule is COCC(O)(c1cccc2ccsc12)C1CC1. The first-order valence-electron chi connectivity index (χ1n) is 5.94. The molecule has 0 radical (unpaired) electrons. The highest BCUT2D eigenvalue weighted by Crippen LogP contribution is 2.48. The molecule has 1 aromatic carbocycles. The van der Waals surface area contributed by atoms with E-state index in [0.717, 1.165) is 18.4 Å². The smallest absolute Gasteiger partial charge is 0.117 e. The first-order valence-corrected chi connectivity index (χ1v) is 6.81. The summed E-state index contributed by atoms with van der Waals surface area (Å²) in [6, 6.07) is 8.25.